The Morgan fingerprint density at radius 1 is 1.11 bits per heavy atom. The summed E-state index contributed by atoms with van der Waals surface area (Å²) in [6.45, 7) is 11.8. The first-order valence-electron chi connectivity index (χ1n) is 6.84. The molecule has 2 rings (SSSR count). The Kier molecular flexibility index (Phi) is 4.38. The molecule has 18 heavy (non-hydrogen) atoms. The summed E-state index contributed by atoms with van der Waals surface area (Å²) in [5, 5.41) is 3.37. The van der Waals surface area contributed by atoms with Crippen LogP contribution < -0.4 is 11.1 Å². The zero-order chi connectivity index (χ0) is 13.1. The summed E-state index contributed by atoms with van der Waals surface area (Å²) in [5.41, 5.74) is 11.7. The molecule has 3 nitrogen and oxygen atoms in total. The van der Waals surface area contributed by atoms with Gasteiger partial charge in [0, 0.05) is 38.8 Å². The fourth-order valence-electron chi connectivity index (χ4n) is 2.65. The van der Waals surface area contributed by atoms with Gasteiger partial charge in [0.1, 0.15) is 0 Å². The van der Waals surface area contributed by atoms with Gasteiger partial charge in [0.25, 0.3) is 0 Å². The normalized spacial score (nSPS) is 18.9. The lowest BCUT2D eigenvalue weighted by Crippen LogP contribution is -2.46. The van der Waals surface area contributed by atoms with Crippen LogP contribution in [0.15, 0.2) is 12.1 Å². The van der Waals surface area contributed by atoms with E-state index in [9.17, 15) is 0 Å². The number of hydrogen-bond acceptors (Lipinski definition) is 3. The third-order valence-corrected chi connectivity index (χ3v) is 3.95. The first-order valence-corrected chi connectivity index (χ1v) is 6.84. The highest BCUT2D eigenvalue weighted by Gasteiger charge is 2.16. The minimum Gasteiger partial charge on any atom is -0.323 e. The second-order valence-electron chi connectivity index (χ2n) is 5.45. The Morgan fingerprint density at radius 2 is 1.72 bits per heavy atom. The number of nitrogens with zero attached hydrogens (tertiary/aromatic N) is 1. The monoisotopic (exact) mass is 247 g/mol. The van der Waals surface area contributed by atoms with Gasteiger partial charge in [0.2, 0.25) is 0 Å². The van der Waals surface area contributed by atoms with E-state index >= 15 is 0 Å². The third kappa shape index (κ3) is 3.10. The highest BCUT2D eigenvalue weighted by Crippen LogP contribution is 2.21. The molecule has 100 valence electrons. The van der Waals surface area contributed by atoms with Crippen LogP contribution in [0.3, 0.4) is 0 Å². The molecule has 1 unspecified atom stereocenters. The van der Waals surface area contributed by atoms with Crippen LogP contribution >= 0.6 is 0 Å². The molecule has 1 aromatic carbocycles. The van der Waals surface area contributed by atoms with Crippen LogP contribution in [0.2, 0.25) is 0 Å². The summed E-state index contributed by atoms with van der Waals surface area (Å²) in [6, 6.07) is 4.64. The molecule has 1 fully saturated rings. The molecule has 0 bridgehead atoms. The Hall–Kier alpha value is -0.900. The van der Waals surface area contributed by atoms with E-state index in [0.29, 0.717) is 0 Å². The number of rotatable bonds is 3. The SMILES string of the molecule is Cc1cc(C)c(C(N)CN2CCNCC2)cc1C. The maximum Gasteiger partial charge on any atom is 0.0427 e. The van der Waals surface area contributed by atoms with Gasteiger partial charge in [-0.15, -0.1) is 0 Å². The van der Waals surface area contributed by atoms with E-state index in [-0.39, 0.29) is 6.04 Å². The number of nitrogens with one attached hydrogen (secondary N) is 1. The van der Waals surface area contributed by atoms with E-state index in [1.54, 1.807) is 0 Å². The standard InChI is InChI=1S/C15H25N3/c1-11-8-13(3)14(9-12(11)2)15(16)10-18-6-4-17-5-7-18/h8-9,15,17H,4-7,10,16H2,1-3H3. The second kappa shape index (κ2) is 5.83. The zero-order valence-corrected chi connectivity index (χ0v) is 11.8. The summed E-state index contributed by atoms with van der Waals surface area (Å²) < 4.78 is 0. The summed E-state index contributed by atoms with van der Waals surface area (Å²) in [4.78, 5) is 2.45. The van der Waals surface area contributed by atoms with Crippen LogP contribution in [0.5, 0.6) is 0 Å². The molecule has 0 amide bonds. The summed E-state index contributed by atoms with van der Waals surface area (Å²) >= 11 is 0. The molecule has 1 heterocycles. The minimum atomic E-state index is 0.127. The molecule has 1 aromatic rings. The first kappa shape index (κ1) is 13.5. The topological polar surface area (TPSA) is 41.3 Å². The van der Waals surface area contributed by atoms with Crippen molar-refractivity contribution in [3.05, 3.63) is 34.4 Å². The molecule has 0 radical (unpaired) electrons. The molecule has 1 atom stereocenters. The van der Waals surface area contributed by atoms with Gasteiger partial charge in [-0.05, 0) is 43.0 Å². The zero-order valence-electron chi connectivity index (χ0n) is 11.8. The summed E-state index contributed by atoms with van der Waals surface area (Å²) in [5.74, 6) is 0. The van der Waals surface area contributed by atoms with Crippen molar-refractivity contribution >= 4 is 0 Å². The van der Waals surface area contributed by atoms with Crippen LogP contribution in [0.4, 0.5) is 0 Å². The molecule has 1 aliphatic rings. The van der Waals surface area contributed by atoms with Crippen molar-refractivity contribution in [3.8, 4) is 0 Å². The average molecular weight is 247 g/mol. The molecular formula is C15H25N3. The smallest absolute Gasteiger partial charge is 0.0427 e. The van der Waals surface area contributed by atoms with E-state index in [0.717, 1.165) is 32.7 Å². The maximum absolute atomic E-state index is 6.38. The predicted molar refractivity (Wildman–Crippen MR) is 76.9 cm³/mol. The third-order valence-electron chi connectivity index (χ3n) is 3.95. The second-order valence-corrected chi connectivity index (χ2v) is 5.45. The van der Waals surface area contributed by atoms with Gasteiger partial charge < -0.3 is 11.1 Å². The van der Waals surface area contributed by atoms with Crippen LogP contribution in [-0.4, -0.2) is 37.6 Å². The number of aryl methyl sites for hydroxylation is 3. The van der Waals surface area contributed by atoms with Crippen molar-refractivity contribution in [1.29, 1.82) is 0 Å². The molecule has 3 heteroatoms. The molecule has 1 aliphatic heterocycles. The molecule has 0 aliphatic carbocycles. The Bertz CT molecular complexity index is 408. The van der Waals surface area contributed by atoms with Gasteiger partial charge >= 0.3 is 0 Å². The van der Waals surface area contributed by atoms with E-state index in [1.807, 2.05) is 0 Å². The van der Waals surface area contributed by atoms with Gasteiger partial charge in [0.05, 0.1) is 0 Å². The largest absolute Gasteiger partial charge is 0.323 e. The van der Waals surface area contributed by atoms with Crippen LogP contribution in [0.1, 0.15) is 28.3 Å². The van der Waals surface area contributed by atoms with Crippen molar-refractivity contribution in [1.82, 2.24) is 10.2 Å². The molecule has 0 aromatic heterocycles. The van der Waals surface area contributed by atoms with Gasteiger partial charge in [-0.3, -0.25) is 4.90 Å². The lowest BCUT2D eigenvalue weighted by molar-refractivity contribution is 0.228. The lowest BCUT2D eigenvalue weighted by atomic mass is 9.96. The van der Waals surface area contributed by atoms with Crippen molar-refractivity contribution < 1.29 is 0 Å². The van der Waals surface area contributed by atoms with Crippen molar-refractivity contribution in [2.45, 2.75) is 26.8 Å². The fourth-order valence-corrected chi connectivity index (χ4v) is 2.65. The molecule has 3 N–H and O–H groups in total. The number of benzene rings is 1. The molecule has 1 saturated heterocycles. The van der Waals surface area contributed by atoms with Gasteiger partial charge in [-0.1, -0.05) is 12.1 Å². The molecule has 0 spiro atoms. The Labute approximate surface area is 110 Å². The van der Waals surface area contributed by atoms with Crippen molar-refractivity contribution in [2.75, 3.05) is 32.7 Å². The predicted octanol–water partition coefficient (Wildman–Crippen LogP) is 1.52. The molecular weight excluding hydrogens is 222 g/mol. The highest BCUT2D eigenvalue weighted by atomic mass is 15.2. The Balaban J connectivity index is 2.08. The van der Waals surface area contributed by atoms with Gasteiger partial charge in [-0.2, -0.15) is 0 Å². The Morgan fingerprint density at radius 3 is 2.39 bits per heavy atom. The highest BCUT2D eigenvalue weighted by molar-refractivity contribution is 5.38. The van der Waals surface area contributed by atoms with Crippen molar-refractivity contribution in [3.63, 3.8) is 0 Å². The average Bonchev–Trinajstić information content (AvgIpc) is 2.35. The van der Waals surface area contributed by atoms with Crippen LogP contribution in [0.25, 0.3) is 0 Å². The quantitative estimate of drug-likeness (QED) is 0.851. The molecule has 0 saturated carbocycles. The maximum atomic E-state index is 6.38. The minimum absolute atomic E-state index is 0.127. The summed E-state index contributed by atoms with van der Waals surface area (Å²) in [7, 11) is 0. The lowest BCUT2D eigenvalue weighted by Gasteiger charge is -2.30. The van der Waals surface area contributed by atoms with Crippen LogP contribution in [-0.2, 0) is 0 Å². The van der Waals surface area contributed by atoms with Gasteiger partial charge in [0.15, 0.2) is 0 Å². The van der Waals surface area contributed by atoms with E-state index in [1.165, 1.54) is 22.3 Å². The van der Waals surface area contributed by atoms with E-state index < -0.39 is 0 Å². The van der Waals surface area contributed by atoms with Gasteiger partial charge in [-0.25, -0.2) is 0 Å². The summed E-state index contributed by atoms with van der Waals surface area (Å²) in [6.07, 6.45) is 0. The van der Waals surface area contributed by atoms with Crippen molar-refractivity contribution in [2.24, 2.45) is 5.73 Å². The first-order chi connectivity index (χ1) is 8.58. The van der Waals surface area contributed by atoms with E-state index in [4.69, 9.17) is 5.73 Å². The van der Waals surface area contributed by atoms with Crippen LogP contribution in [0, 0.1) is 20.8 Å². The van der Waals surface area contributed by atoms with E-state index in [2.05, 4.69) is 43.1 Å². The number of hydrogen-bond donors (Lipinski definition) is 2. The number of piperazine rings is 1. The number of nitrogens with two attached hydrogens (primary N) is 1. The fraction of sp³-hybridized carbons (Fsp3) is 0.600.